The number of benzene rings is 3. The zero-order chi connectivity index (χ0) is 44.5. The van der Waals surface area contributed by atoms with Gasteiger partial charge in [0.25, 0.3) is 5.91 Å². The molecule has 0 radical (unpaired) electrons. The number of likely N-dealkylation sites (N-methyl/N-ethyl adjacent to an activating group) is 2. The molecule has 0 aliphatic carbocycles. The number of aromatic nitrogens is 4. The number of aromatic carboxylic acids is 1. The van der Waals surface area contributed by atoms with E-state index < -0.39 is 12.2 Å². The molecule has 3 aromatic heterocycles. The van der Waals surface area contributed by atoms with Gasteiger partial charge < -0.3 is 38.8 Å². The number of halogens is 2. The highest BCUT2D eigenvalue weighted by molar-refractivity contribution is 6.35. The first-order chi connectivity index (χ1) is 29.5. The molecule has 328 valence electrons. The summed E-state index contributed by atoms with van der Waals surface area (Å²) in [6, 6.07) is 11.3. The Labute approximate surface area is 372 Å². The summed E-state index contributed by atoms with van der Waals surface area (Å²) in [6.45, 7) is 14.7. The van der Waals surface area contributed by atoms with Gasteiger partial charge in [0.05, 0.1) is 39.6 Å². The second kappa shape index (κ2) is 16.9. The Morgan fingerprint density at radius 2 is 1.66 bits per heavy atom. The maximum absolute atomic E-state index is 15.6. The molecule has 15 heteroatoms. The lowest BCUT2D eigenvalue weighted by Gasteiger charge is -2.37. The van der Waals surface area contributed by atoms with Crippen LogP contribution in [0.15, 0.2) is 42.6 Å². The van der Waals surface area contributed by atoms with Gasteiger partial charge >= 0.3 is 5.97 Å². The fourth-order valence-electron chi connectivity index (χ4n) is 9.58. The van der Waals surface area contributed by atoms with E-state index >= 15 is 4.79 Å². The molecule has 0 saturated carbocycles. The Bertz CT molecular complexity index is 2720. The molecule has 8 rings (SSSR count). The van der Waals surface area contributed by atoms with Crippen LogP contribution in [-0.2, 0) is 20.5 Å². The van der Waals surface area contributed by atoms with Gasteiger partial charge in [0.1, 0.15) is 17.7 Å². The summed E-state index contributed by atoms with van der Waals surface area (Å²) in [6.07, 6.45) is 1.87. The quantitative estimate of drug-likeness (QED) is 0.0930. The standard InChI is InChI=1S/C47H56Cl2N8O5/c1-26-19-32(20-27(2)42(26)49)62-18-10-11-33-34-12-13-37(48)41(40-29(4)50-54(9)30(40)5)44(34)57-28(3)23-56(46(59)45(33)57)38-22-31(21-35-36(47(60)61)24-52(7)43(35)38)53(8)39(58)25-55-16-14-51(6)15-17-55/h12-13,19-22,24,28,39,58H,10-11,14-18,23,25H2,1-9H3,(H,60,61)/t28-,39?/m1/s1. The lowest BCUT2D eigenvalue weighted by molar-refractivity contribution is 0.0698. The molecular weight excluding hydrogens is 827 g/mol. The number of ether oxygens (including phenoxy) is 1. The SMILES string of the molecule is Cc1cc(OCCCc2c3n(c4c(-c5c(C)nn(C)c5C)c(Cl)ccc24)[C@H](C)CN(c2cc(N(C)C(O)CN4CCN(C)CC4)cc4c(C(=O)O)cn(C)c24)C3=O)cc(C)c1Cl. The van der Waals surface area contributed by atoms with E-state index in [9.17, 15) is 15.0 Å². The van der Waals surface area contributed by atoms with Crippen LogP contribution in [0.25, 0.3) is 32.9 Å². The van der Waals surface area contributed by atoms with Gasteiger partial charge in [-0.3, -0.25) is 14.4 Å². The molecule has 1 unspecified atom stereocenters. The van der Waals surface area contributed by atoms with Crippen LogP contribution in [0.4, 0.5) is 11.4 Å². The van der Waals surface area contributed by atoms with Gasteiger partial charge in [-0.25, -0.2) is 4.79 Å². The Hall–Kier alpha value is -5.05. The molecule has 1 fully saturated rings. The molecule has 2 N–H and O–H groups in total. The molecule has 13 nitrogen and oxygen atoms in total. The normalized spacial score (nSPS) is 16.7. The molecule has 5 heterocycles. The van der Waals surface area contributed by atoms with Crippen molar-refractivity contribution in [2.24, 2.45) is 14.1 Å². The third-order valence-electron chi connectivity index (χ3n) is 13.0. The zero-order valence-corrected chi connectivity index (χ0v) is 38.5. The topological polar surface area (TPSA) is 124 Å². The number of carbonyl (C=O) groups is 2. The Morgan fingerprint density at radius 1 is 0.968 bits per heavy atom. The number of fused-ring (bicyclic) bond motifs is 4. The minimum atomic E-state index is -1.07. The summed E-state index contributed by atoms with van der Waals surface area (Å²) in [5, 5.41) is 29.5. The van der Waals surface area contributed by atoms with Crippen LogP contribution in [0.1, 0.15) is 68.3 Å². The number of hydrogen-bond acceptors (Lipinski definition) is 8. The minimum absolute atomic E-state index is 0.118. The van der Waals surface area contributed by atoms with Crippen molar-refractivity contribution in [3.63, 3.8) is 0 Å². The number of amides is 1. The molecule has 2 atom stereocenters. The van der Waals surface area contributed by atoms with Crippen molar-refractivity contribution in [2.45, 2.75) is 59.7 Å². The monoisotopic (exact) mass is 882 g/mol. The van der Waals surface area contributed by atoms with Crippen molar-refractivity contribution < 1.29 is 24.5 Å². The van der Waals surface area contributed by atoms with Crippen LogP contribution in [0.5, 0.6) is 5.75 Å². The van der Waals surface area contributed by atoms with Gasteiger partial charge in [-0.1, -0.05) is 29.3 Å². The average Bonchev–Trinajstić information content (AvgIpc) is 3.84. The van der Waals surface area contributed by atoms with Gasteiger partial charge in [0.15, 0.2) is 0 Å². The molecule has 1 amide bonds. The Balaban J connectivity index is 1.25. The zero-order valence-electron chi connectivity index (χ0n) is 37.0. The number of rotatable bonds is 12. The van der Waals surface area contributed by atoms with E-state index in [1.165, 1.54) is 0 Å². The van der Waals surface area contributed by atoms with E-state index in [0.717, 1.165) is 87.1 Å². The number of nitrogens with zero attached hydrogens (tertiary/aromatic N) is 8. The highest BCUT2D eigenvalue weighted by Crippen LogP contribution is 2.46. The molecule has 0 bridgehead atoms. The van der Waals surface area contributed by atoms with Crippen molar-refractivity contribution in [1.82, 2.24) is 28.7 Å². The number of carboxylic acids is 1. The number of β-amino-alcohol motifs (C(OH)–C–C–N with tert-alkyl or cyclic N) is 1. The predicted molar refractivity (Wildman–Crippen MR) is 248 cm³/mol. The van der Waals surface area contributed by atoms with Crippen molar-refractivity contribution in [3.8, 4) is 16.9 Å². The molecule has 0 spiro atoms. The molecular formula is C47H56Cl2N8O5. The second-order valence-corrected chi connectivity index (χ2v) is 18.1. The summed E-state index contributed by atoms with van der Waals surface area (Å²) in [7, 11) is 7.63. The fraction of sp³-hybridized carbons (Fsp3) is 0.426. The lowest BCUT2D eigenvalue weighted by Crippen LogP contribution is -2.50. The van der Waals surface area contributed by atoms with Gasteiger partial charge in [-0.05, 0) is 102 Å². The number of piperazine rings is 1. The number of aryl methyl sites for hydroxylation is 6. The number of carboxylic acid groups (broad SMARTS) is 1. The summed E-state index contributed by atoms with van der Waals surface area (Å²) < 4.78 is 12.1. The van der Waals surface area contributed by atoms with Crippen molar-refractivity contribution >= 4 is 68.3 Å². The van der Waals surface area contributed by atoms with Crippen LogP contribution >= 0.6 is 23.2 Å². The van der Waals surface area contributed by atoms with Gasteiger partial charge in [0, 0.05) is 111 Å². The van der Waals surface area contributed by atoms with Crippen molar-refractivity contribution in [1.29, 1.82) is 0 Å². The third-order valence-corrected chi connectivity index (χ3v) is 13.9. The average molecular weight is 884 g/mol. The molecule has 6 aromatic rings. The molecule has 2 aliphatic rings. The number of hydrogen-bond donors (Lipinski definition) is 2. The van der Waals surface area contributed by atoms with Gasteiger partial charge in [0.2, 0.25) is 0 Å². The minimum Gasteiger partial charge on any atom is -0.494 e. The van der Waals surface area contributed by atoms with E-state index in [0.29, 0.717) is 65.5 Å². The molecule has 2 aliphatic heterocycles. The van der Waals surface area contributed by atoms with Crippen LogP contribution < -0.4 is 14.5 Å². The van der Waals surface area contributed by atoms with Crippen molar-refractivity contribution in [3.05, 3.63) is 92.0 Å². The van der Waals surface area contributed by atoms with Crippen LogP contribution in [0.2, 0.25) is 10.0 Å². The van der Waals surface area contributed by atoms with Crippen molar-refractivity contribution in [2.75, 3.05) is 69.8 Å². The molecule has 3 aromatic carbocycles. The van der Waals surface area contributed by atoms with E-state index in [1.807, 2.05) is 82.9 Å². The first-order valence-corrected chi connectivity index (χ1v) is 22.0. The summed E-state index contributed by atoms with van der Waals surface area (Å²) in [5.74, 6) is -0.541. The number of aliphatic hydroxyl groups excluding tert-OH is 1. The largest absolute Gasteiger partial charge is 0.494 e. The summed E-state index contributed by atoms with van der Waals surface area (Å²) in [5.41, 5.74) is 9.69. The third kappa shape index (κ3) is 7.61. The second-order valence-electron chi connectivity index (χ2n) is 17.3. The van der Waals surface area contributed by atoms with E-state index in [-0.39, 0.29) is 17.5 Å². The van der Waals surface area contributed by atoms with Crippen LogP contribution in [0.3, 0.4) is 0 Å². The maximum atomic E-state index is 15.6. The van der Waals surface area contributed by atoms with Gasteiger partial charge in [-0.2, -0.15) is 5.10 Å². The highest BCUT2D eigenvalue weighted by Gasteiger charge is 2.38. The molecule has 62 heavy (non-hydrogen) atoms. The van der Waals surface area contributed by atoms with E-state index in [4.69, 9.17) is 33.0 Å². The Morgan fingerprint density at radius 3 is 2.31 bits per heavy atom. The van der Waals surface area contributed by atoms with Gasteiger partial charge in [-0.15, -0.1) is 0 Å². The molecule has 1 saturated heterocycles. The first-order valence-electron chi connectivity index (χ1n) is 21.2. The smallest absolute Gasteiger partial charge is 0.337 e. The van der Waals surface area contributed by atoms with Crippen LogP contribution in [-0.4, -0.2) is 117 Å². The predicted octanol–water partition coefficient (Wildman–Crippen LogP) is 8.01. The van der Waals surface area contributed by atoms with E-state index in [1.54, 1.807) is 27.6 Å². The lowest BCUT2D eigenvalue weighted by atomic mass is 9.98. The number of aliphatic hydroxyl groups is 1. The number of carbonyl (C=O) groups excluding carboxylic acids is 1. The number of anilines is 2. The Kier molecular flexibility index (Phi) is 11.9. The summed E-state index contributed by atoms with van der Waals surface area (Å²) >= 11 is 13.6. The van der Waals surface area contributed by atoms with E-state index in [2.05, 4.69) is 28.3 Å². The fourth-order valence-corrected chi connectivity index (χ4v) is 9.94. The first kappa shape index (κ1) is 43.6. The highest BCUT2D eigenvalue weighted by atomic mass is 35.5. The summed E-state index contributed by atoms with van der Waals surface area (Å²) in [4.78, 5) is 36.4. The maximum Gasteiger partial charge on any atom is 0.337 e. The van der Waals surface area contributed by atoms with Crippen LogP contribution in [0, 0.1) is 27.7 Å².